The molecule has 0 amide bonds. The van der Waals surface area contributed by atoms with Crippen LogP contribution in [0.3, 0.4) is 0 Å². The minimum absolute atomic E-state index is 0.590. The molecule has 4 rings (SSSR count). The zero-order chi connectivity index (χ0) is 12.8. The monoisotopic (exact) mass is 254 g/mol. The number of fused-ring (bicyclic) bond motifs is 1. The molecule has 0 spiro atoms. The number of hydrogen-bond acceptors (Lipinski definition) is 5. The third kappa shape index (κ3) is 1.68. The minimum Gasteiger partial charge on any atom is -0.369 e. The van der Waals surface area contributed by atoms with Crippen LogP contribution in [0.5, 0.6) is 0 Å². The Balaban J connectivity index is 1.73. The molecule has 1 aliphatic heterocycles. The zero-order valence-electron chi connectivity index (χ0n) is 10.4. The van der Waals surface area contributed by atoms with E-state index in [2.05, 4.69) is 26.2 Å². The number of hydrogen-bond donors (Lipinski definition) is 1. The van der Waals surface area contributed by atoms with Crippen molar-refractivity contribution < 1.29 is 0 Å². The summed E-state index contributed by atoms with van der Waals surface area (Å²) in [6.07, 6.45) is 8.06. The van der Waals surface area contributed by atoms with E-state index < -0.39 is 0 Å². The van der Waals surface area contributed by atoms with Gasteiger partial charge in [0.2, 0.25) is 0 Å². The highest BCUT2D eigenvalue weighted by molar-refractivity contribution is 5.90. The van der Waals surface area contributed by atoms with Crippen LogP contribution in [0.1, 0.15) is 18.4 Å². The number of guanidine groups is 1. The number of aliphatic imine (C=N–C) groups is 1. The molecular formula is C13H14N6. The van der Waals surface area contributed by atoms with E-state index >= 15 is 0 Å². The van der Waals surface area contributed by atoms with Gasteiger partial charge in [0.25, 0.3) is 0 Å². The van der Waals surface area contributed by atoms with Crippen LogP contribution in [0.15, 0.2) is 35.6 Å². The van der Waals surface area contributed by atoms with Crippen LogP contribution < -0.4 is 5.73 Å². The maximum Gasteiger partial charge on any atom is 0.197 e. The summed E-state index contributed by atoms with van der Waals surface area (Å²) < 4.78 is 1.61. The van der Waals surface area contributed by atoms with Gasteiger partial charge in [0.05, 0.1) is 17.4 Å². The molecule has 0 unspecified atom stereocenters. The normalized spacial score (nSPS) is 19.5. The standard InChI is InChI=1S/C13H14N6/c14-13-17-11(5-7-18(13)9-3-4-9)10-8-16-19-12(10)2-1-6-15-19/h1-2,5-6,8-9H,3-4,7H2,(H2,14,17). The van der Waals surface area contributed by atoms with Crippen molar-refractivity contribution in [3.05, 3.63) is 36.2 Å². The van der Waals surface area contributed by atoms with Gasteiger partial charge in [0.15, 0.2) is 5.96 Å². The first kappa shape index (κ1) is 10.5. The van der Waals surface area contributed by atoms with Gasteiger partial charge in [0, 0.05) is 24.3 Å². The second kappa shape index (κ2) is 3.81. The molecular weight excluding hydrogens is 240 g/mol. The molecule has 1 fully saturated rings. The zero-order valence-corrected chi connectivity index (χ0v) is 10.4. The molecule has 0 atom stereocenters. The average Bonchev–Trinajstić information content (AvgIpc) is 3.18. The van der Waals surface area contributed by atoms with Gasteiger partial charge in [-0.05, 0) is 31.1 Å². The molecule has 19 heavy (non-hydrogen) atoms. The minimum atomic E-state index is 0.590. The molecule has 0 saturated heterocycles. The van der Waals surface area contributed by atoms with Crippen LogP contribution in [0.4, 0.5) is 0 Å². The fourth-order valence-corrected chi connectivity index (χ4v) is 2.43. The quantitative estimate of drug-likeness (QED) is 0.863. The summed E-state index contributed by atoms with van der Waals surface area (Å²) in [6, 6.07) is 4.47. The van der Waals surface area contributed by atoms with E-state index in [1.807, 2.05) is 12.1 Å². The van der Waals surface area contributed by atoms with Crippen molar-refractivity contribution in [2.75, 3.05) is 6.54 Å². The number of nitrogens with zero attached hydrogens (tertiary/aromatic N) is 5. The molecule has 96 valence electrons. The molecule has 2 N–H and O–H groups in total. The van der Waals surface area contributed by atoms with Crippen LogP contribution in [-0.4, -0.2) is 38.3 Å². The van der Waals surface area contributed by atoms with Gasteiger partial charge in [-0.2, -0.15) is 14.8 Å². The Hall–Kier alpha value is -2.37. The van der Waals surface area contributed by atoms with E-state index in [0.717, 1.165) is 23.3 Å². The van der Waals surface area contributed by atoms with Crippen molar-refractivity contribution in [3.8, 4) is 0 Å². The van der Waals surface area contributed by atoms with E-state index in [9.17, 15) is 0 Å². The van der Waals surface area contributed by atoms with Crippen molar-refractivity contribution in [1.29, 1.82) is 0 Å². The van der Waals surface area contributed by atoms with Crippen LogP contribution in [0.25, 0.3) is 11.2 Å². The maximum atomic E-state index is 6.05. The lowest BCUT2D eigenvalue weighted by Gasteiger charge is -2.25. The molecule has 6 nitrogen and oxygen atoms in total. The number of nitrogens with two attached hydrogens (primary N) is 1. The third-order valence-electron chi connectivity index (χ3n) is 3.58. The second-order valence-electron chi connectivity index (χ2n) is 4.90. The van der Waals surface area contributed by atoms with Crippen LogP contribution in [0.2, 0.25) is 0 Å². The average molecular weight is 254 g/mol. The van der Waals surface area contributed by atoms with E-state index in [0.29, 0.717) is 12.0 Å². The first-order valence-electron chi connectivity index (χ1n) is 6.43. The van der Waals surface area contributed by atoms with Gasteiger partial charge < -0.3 is 10.6 Å². The SMILES string of the molecule is NC1=NC(c2cnn3ncccc23)=CCN1C1CC1. The maximum absolute atomic E-state index is 6.05. The van der Waals surface area contributed by atoms with Crippen molar-refractivity contribution in [3.63, 3.8) is 0 Å². The topological polar surface area (TPSA) is 71.8 Å². The van der Waals surface area contributed by atoms with Gasteiger partial charge in [0.1, 0.15) is 0 Å². The third-order valence-corrected chi connectivity index (χ3v) is 3.58. The molecule has 1 aliphatic carbocycles. The Morgan fingerprint density at radius 2 is 2.16 bits per heavy atom. The van der Waals surface area contributed by atoms with Crippen molar-refractivity contribution in [1.82, 2.24) is 19.7 Å². The summed E-state index contributed by atoms with van der Waals surface area (Å²) in [7, 11) is 0. The first-order chi connectivity index (χ1) is 9.33. The first-order valence-corrected chi connectivity index (χ1v) is 6.43. The smallest absolute Gasteiger partial charge is 0.197 e. The van der Waals surface area contributed by atoms with Crippen molar-refractivity contribution >= 4 is 17.2 Å². The lowest BCUT2D eigenvalue weighted by atomic mass is 10.2. The molecule has 0 bridgehead atoms. The van der Waals surface area contributed by atoms with E-state index in [1.54, 1.807) is 17.0 Å². The predicted octanol–water partition coefficient (Wildman–Crippen LogP) is 0.863. The van der Waals surface area contributed by atoms with Crippen molar-refractivity contribution in [2.24, 2.45) is 10.7 Å². The summed E-state index contributed by atoms with van der Waals surface area (Å²) >= 11 is 0. The highest BCUT2D eigenvalue weighted by Crippen LogP contribution is 2.30. The lowest BCUT2D eigenvalue weighted by Crippen LogP contribution is -2.40. The highest BCUT2D eigenvalue weighted by Gasteiger charge is 2.31. The summed E-state index contributed by atoms with van der Waals surface area (Å²) in [5.74, 6) is 0.614. The Labute approximate surface area is 110 Å². The molecule has 0 aromatic carbocycles. The van der Waals surface area contributed by atoms with Crippen LogP contribution >= 0.6 is 0 Å². The molecule has 6 heteroatoms. The van der Waals surface area contributed by atoms with Gasteiger partial charge in [-0.1, -0.05) is 0 Å². The summed E-state index contributed by atoms with van der Waals surface area (Å²) in [5, 5.41) is 8.38. The molecule has 2 aromatic rings. The van der Waals surface area contributed by atoms with Gasteiger partial charge in [-0.3, -0.25) is 0 Å². The molecule has 3 heterocycles. The molecule has 2 aromatic heterocycles. The Morgan fingerprint density at radius 3 is 2.95 bits per heavy atom. The van der Waals surface area contributed by atoms with E-state index in [-0.39, 0.29) is 0 Å². The number of rotatable bonds is 2. The fourth-order valence-electron chi connectivity index (χ4n) is 2.43. The van der Waals surface area contributed by atoms with Crippen LogP contribution in [-0.2, 0) is 0 Å². The second-order valence-corrected chi connectivity index (χ2v) is 4.90. The summed E-state index contributed by atoms with van der Waals surface area (Å²) in [4.78, 5) is 6.68. The largest absolute Gasteiger partial charge is 0.369 e. The Bertz CT molecular complexity index is 694. The lowest BCUT2D eigenvalue weighted by molar-refractivity contribution is 0.443. The number of aromatic nitrogens is 3. The molecule has 0 radical (unpaired) electrons. The van der Waals surface area contributed by atoms with Gasteiger partial charge in [-0.25, -0.2) is 4.99 Å². The van der Waals surface area contributed by atoms with E-state index in [1.165, 1.54) is 12.8 Å². The highest BCUT2D eigenvalue weighted by atomic mass is 15.4. The van der Waals surface area contributed by atoms with Crippen molar-refractivity contribution in [2.45, 2.75) is 18.9 Å². The Kier molecular flexibility index (Phi) is 2.11. The fraction of sp³-hybridized carbons (Fsp3) is 0.308. The van der Waals surface area contributed by atoms with E-state index in [4.69, 9.17) is 5.73 Å². The predicted molar refractivity (Wildman–Crippen MR) is 72.3 cm³/mol. The molecule has 1 saturated carbocycles. The van der Waals surface area contributed by atoms with Crippen LogP contribution in [0, 0.1) is 0 Å². The molecule has 2 aliphatic rings. The van der Waals surface area contributed by atoms with Gasteiger partial charge >= 0.3 is 0 Å². The van der Waals surface area contributed by atoms with Gasteiger partial charge in [-0.15, -0.1) is 0 Å². The summed E-state index contributed by atoms with van der Waals surface area (Å²) in [6.45, 7) is 0.826. The Morgan fingerprint density at radius 1 is 1.26 bits per heavy atom. The summed E-state index contributed by atoms with van der Waals surface area (Å²) in [5.41, 5.74) is 8.87.